The number of nitro groups is 2. The van der Waals surface area contributed by atoms with Crippen LogP contribution in [0.15, 0.2) is 181 Å². The normalized spacial score (nSPS) is 12.4. The quantitative estimate of drug-likeness (QED) is 0.0461. The second-order valence-electron chi connectivity index (χ2n) is 21.3. The molecule has 0 spiro atoms. The highest BCUT2D eigenvalue weighted by Crippen LogP contribution is 2.31. The number of pyridine rings is 4. The van der Waals surface area contributed by atoms with Gasteiger partial charge in [-0.05, 0) is 123 Å². The number of hydrogen-bond acceptors (Lipinski definition) is 18. The molecule has 0 saturated carbocycles. The van der Waals surface area contributed by atoms with Crippen LogP contribution >= 0.6 is 15.9 Å². The van der Waals surface area contributed by atoms with Crippen molar-refractivity contribution >= 4 is 105 Å². The lowest BCUT2D eigenvalue weighted by Gasteiger charge is -2.28. The minimum Gasteiger partial charge on any atom is -0.478 e. The number of halogens is 1. The van der Waals surface area contributed by atoms with Crippen molar-refractivity contribution in [3.05, 3.63) is 268 Å². The summed E-state index contributed by atoms with van der Waals surface area (Å²) >= 11 is 3.48. The van der Waals surface area contributed by atoms with E-state index in [4.69, 9.17) is 10.8 Å². The number of nitrogens with two attached hydrogens (primary N) is 1. The molecule has 6 heterocycles. The zero-order valence-corrected chi connectivity index (χ0v) is 55.4. The molecule has 3 amide bonds. The van der Waals surface area contributed by atoms with Gasteiger partial charge in [-0.25, -0.2) is 21.6 Å². The first-order chi connectivity index (χ1) is 45.1. The summed E-state index contributed by atoms with van der Waals surface area (Å²) < 4.78 is 50.7. The first-order valence-electron chi connectivity index (χ1n) is 28.8. The van der Waals surface area contributed by atoms with E-state index in [1.165, 1.54) is 45.9 Å². The molecular formula is C66H66BrN13O13S2. The van der Waals surface area contributed by atoms with Gasteiger partial charge in [-0.3, -0.25) is 54.5 Å². The summed E-state index contributed by atoms with van der Waals surface area (Å²) in [6.45, 7) is 8.56. The molecule has 0 saturated heterocycles. The fraction of sp³-hybridized carbons (Fsp3) is 0.182. The molecule has 2 aliphatic heterocycles. The highest BCUT2D eigenvalue weighted by Gasteiger charge is 2.26. The molecule has 492 valence electrons. The van der Waals surface area contributed by atoms with Gasteiger partial charge >= 0.3 is 5.97 Å². The predicted octanol–water partition coefficient (Wildman–Crippen LogP) is 11.2. The van der Waals surface area contributed by atoms with E-state index >= 15 is 0 Å². The predicted molar refractivity (Wildman–Crippen MR) is 366 cm³/mol. The average molecular weight is 1390 g/mol. The number of carboxylic acid groups (broad SMARTS) is 1. The Hall–Kier alpha value is -10.7. The summed E-state index contributed by atoms with van der Waals surface area (Å²) in [5.74, 6) is -2.05. The SMILES string of the molecule is CS(=O)(=O)N1CCc2c(Br)cccc2C1.Cc1ncc(N)cc1C(=O)Nc1ccccc1.Cc1ncc(Nc2cccc3c2CCN(S(C)(=O)=O)C3)cc1C(=O)Nc1ccccc1.Cc1ncc([N+](=O)[O-])cc1C(=O)Nc1ccccc1.Cc1ncc([N+](=O)[O-])cc1C(=O)O. The number of amides is 3. The summed E-state index contributed by atoms with van der Waals surface area (Å²) in [6.07, 6.45) is 9.29. The number of nitrogen functional groups attached to an aromatic ring is 1. The molecule has 0 unspecified atom stereocenters. The number of carbonyl (C=O) groups is 4. The lowest BCUT2D eigenvalue weighted by atomic mass is 9.99. The number of aryl methyl sites for hydroxylation is 4. The maximum Gasteiger partial charge on any atom is 0.337 e. The third kappa shape index (κ3) is 20.6. The average Bonchev–Trinajstić information content (AvgIpc) is 2.27. The van der Waals surface area contributed by atoms with Crippen LogP contribution in [0.5, 0.6) is 0 Å². The highest BCUT2D eigenvalue weighted by molar-refractivity contribution is 9.10. The van der Waals surface area contributed by atoms with Crippen LogP contribution in [0.4, 0.5) is 45.5 Å². The zero-order chi connectivity index (χ0) is 69.1. The summed E-state index contributed by atoms with van der Waals surface area (Å²) in [4.78, 5) is 82.9. The number of para-hydroxylation sites is 3. The molecule has 0 bridgehead atoms. The molecule has 4 aromatic heterocycles. The number of sulfonamides is 2. The molecule has 0 aliphatic carbocycles. The van der Waals surface area contributed by atoms with Gasteiger partial charge in [-0.15, -0.1) is 0 Å². The Bertz CT molecular complexity index is 4540. The van der Waals surface area contributed by atoms with Crippen LogP contribution in [-0.2, 0) is 46.0 Å². The van der Waals surface area contributed by atoms with E-state index in [1.807, 2.05) is 103 Å². The summed E-state index contributed by atoms with van der Waals surface area (Å²) in [6, 6.07) is 44.8. The van der Waals surface area contributed by atoms with Gasteiger partial charge in [-0.1, -0.05) is 94.8 Å². The van der Waals surface area contributed by atoms with Gasteiger partial charge in [0.1, 0.15) is 12.4 Å². The maximum atomic E-state index is 12.8. The van der Waals surface area contributed by atoms with Crippen molar-refractivity contribution in [2.75, 3.05) is 52.6 Å². The van der Waals surface area contributed by atoms with Crippen LogP contribution in [0.1, 0.15) is 86.5 Å². The van der Waals surface area contributed by atoms with E-state index in [0.717, 1.165) is 63.1 Å². The Morgan fingerprint density at radius 3 is 1.33 bits per heavy atom. The highest BCUT2D eigenvalue weighted by atomic mass is 79.9. The molecule has 11 rings (SSSR count). The van der Waals surface area contributed by atoms with Gasteiger partial charge in [0.25, 0.3) is 29.1 Å². The fourth-order valence-corrected chi connectivity index (χ4v) is 11.6. The van der Waals surface area contributed by atoms with Gasteiger partial charge in [0.05, 0.1) is 91.2 Å². The molecule has 29 heteroatoms. The van der Waals surface area contributed by atoms with Crippen molar-refractivity contribution in [2.24, 2.45) is 0 Å². The largest absolute Gasteiger partial charge is 0.478 e. The van der Waals surface area contributed by atoms with Crippen LogP contribution in [0.25, 0.3) is 0 Å². The van der Waals surface area contributed by atoms with Gasteiger partial charge in [0.2, 0.25) is 20.0 Å². The molecule has 95 heavy (non-hydrogen) atoms. The standard InChI is InChI=1S/C23H24N4O3S.C13H11N3O3.C13H13N3O.C10H12BrNO2S.C7H6N2O4/c1-16-21(23(28)26-18-8-4-3-5-9-18)13-19(14-24-16)25-22-10-6-7-17-15-27(31(2,29)30)12-11-20(17)22;1-9-12(7-11(8-14-9)16(18)19)13(17)15-10-5-3-2-4-6-10;1-9-12(7-10(14)8-15-9)13(17)16-11-5-3-2-4-6-11;1-15(13,14)12-6-5-9-8(7-12)3-2-4-10(9)11;1-4-6(7(10)11)2-5(3-8-4)9(12)13/h3-10,13-14,25H,11-12,15H2,1-2H3,(H,26,28);2-8H,1H3,(H,15,17);2-8H,14H2,1H3,(H,16,17);2-4H,5-7H2,1H3;2-3H,1H3,(H,10,11). The summed E-state index contributed by atoms with van der Waals surface area (Å²) in [5.41, 5.74) is 16.7. The molecule has 9 aromatic rings. The van der Waals surface area contributed by atoms with Crippen molar-refractivity contribution in [3.8, 4) is 0 Å². The lowest BCUT2D eigenvalue weighted by Crippen LogP contribution is -2.35. The number of fused-ring (bicyclic) bond motifs is 2. The van der Waals surface area contributed by atoms with Gasteiger partial charge in [-0.2, -0.15) is 8.61 Å². The van der Waals surface area contributed by atoms with Crippen molar-refractivity contribution in [3.63, 3.8) is 0 Å². The molecular weight excluding hydrogens is 1330 g/mol. The fourth-order valence-electron chi connectivity index (χ4n) is 9.42. The summed E-state index contributed by atoms with van der Waals surface area (Å²) in [7, 11) is -6.29. The number of aromatic carboxylic acids is 1. The Morgan fingerprint density at radius 1 is 0.505 bits per heavy atom. The second-order valence-corrected chi connectivity index (χ2v) is 26.1. The number of rotatable bonds is 13. The van der Waals surface area contributed by atoms with Crippen LogP contribution < -0.4 is 27.0 Å². The molecule has 0 atom stereocenters. The van der Waals surface area contributed by atoms with Crippen LogP contribution in [0, 0.1) is 47.9 Å². The van der Waals surface area contributed by atoms with Crippen molar-refractivity contribution in [1.82, 2.24) is 28.5 Å². The molecule has 7 N–H and O–H groups in total. The Balaban J connectivity index is 0.000000175. The number of aromatic nitrogens is 4. The lowest BCUT2D eigenvalue weighted by molar-refractivity contribution is -0.385. The van der Waals surface area contributed by atoms with Gasteiger partial charge in [0.15, 0.2) is 0 Å². The van der Waals surface area contributed by atoms with Crippen molar-refractivity contribution < 1.29 is 51.0 Å². The van der Waals surface area contributed by atoms with Crippen LogP contribution in [0.2, 0.25) is 0 Å². The van der Waals surface area contributed by atoms with E-state index < -0.39 is 41.8 Å². The first kappa shape index (κ1) is 71.7. The van der Waals surface area contributed by atoms with E-state index in [1.54, 1.807) is 63.4 Å². The van der Waals surface area contributed by atoms with Gasteiger partial charge < -0.3 is 32.1 Å². The number of nitrogens with zero attached hydrogens (tertiary/aromatic N) is 8. The van der Waals surface area contributed by atoms with Crippen molar-refractivity contribution in [1.29, 1.82) is 0 Å². The number of anilines is 6. The Labute approximate surface area is 556 Å². The third-order valence-corrected chi connectivity index (χ3v) is 17.7. The van der Waals surface area contributed by atoms with E-state index in [9.17, 15) is 56.2 Å². The second kappa shape index (κ2) is 32.7. The molecule has 2 aliphatic rings. The van der Waals surface area contributed by atoms with E-state index in [2.05, 4.69) is 57.1 Å². The first-order valence-corrected chi connectivity index (χ1v) is 33.3. The summed E-state index contributed by atoms with van der Waals surface area (Å²) in [5, 5.41) is 41.3. The molecule has 5 aromatic carbocycles. The van der Waals surface area contributed by atoms with E-state index in [0.29, 0.717) is 77.9 Å². The minimum absolute atomic E-state index is 0.144. The maximum absolute atomic E-state index is 12.8. The molecule has 0 fully saturated rings. The van der Waals surface area contributed by atoms with Crippen molar-refractivity contribution in [2.45, 2.75) is 53.6 Å². The number of hydrogen-bond donors (Lipinski definition) is 6. The molecule has 0 radical (unpaired) electrons. The van der Waals surface area contributed by atoms with Gasteiger partial charge in [0, 0.05) is 65.5 Å². The number of carboxylic acids is 1. The number of carbonyl (C=O) groups excluding carboxylic acids is 3. The Morgan fingerprint density at radius 2 is 0.884 bits per heavy atom. The minimum atomic E-state index is -3.23. The number of nitrogens with one attached hydrogen (secondary N) is 4. The monoisotopic (exact) mass is 1390 g/mol. The van der Waals surface area contributed by atoms with Crippen LogP contribution in [0.3, 0.4) is 0 Å². The third-order valence-electron chi connectivity index (χ3n) is 14.4. The zero-order valence-electron chi connectivity index (χ0n) is 52.2. The molecule has 26 nitrogen and oxygen atoms in total. The number of benzene rings is 5. The Kier molecular flexibility index (Phi) is 24.7. The van der Waals surface area contributed by atoms with E-state index in [-0.39, 0.29) is 40.0 Å². The smallest absolute Gasteiger partial charge is 0.337 e. The van der Waals surface area contributed by atoms with Crippen LogP contribution in [-0.4, -0.2) is 110 Å². The topological polar surface area (TPSA) is 375 Å².